The average molecular weight is 300 g/mol. The molecule has 0 saturated carbocycles. The zero-order valence-corrected chi connectivity index (χ0v) is 11.9. The number of hydrogen-bond donors (Lipinski definition) is 3. The molecule has 2 aromatic rings. The summed E-state index contributed by atoms with van der Waals surface area (Å²) in [6, 6.07) is 12.1. The van der Waals surface area contributed by atoms with Crippen LogP contribution in [0, 0.1) is 0 Å². The van der Waals surface area contributed by atoms with Crippen LogP contribution in [0.5, 0.6) is 5.75 Å². The first-order chi connectivity index (χ1) is 10.5. The summed E-state index contributed by atoms with van der Waals surface area (Å²) in [6.45, 7) is 0. The van der Waals surface area contributed by atoms with Gasteiger partial charge in [-0.05, 0) is 17.2 Å². The summed E-state index contributed by atoms with van der Waals surface area (Å²) in [7, 11) is 1.20. The highest BCUT2D eigenvalue weighted by Crippen LogP contribution is 2.31. The first-order valence-electron chi connectivity index (χ1n) is 6.55. The van der Waals surface area contributed by atoms with E-state index in [0.29, 0.717) is 11.1 Å². The molecule has 0 bridgehead atoms. The number of hydrogen-bond acceptors (Lipinski definition) is 4. The Morgan fingerprint density at radius 1 is 1.18 bits per heavy atom. The second-order valence-corrected chi connectivity index (χ2v) is 4.61. The number of phenolic OH excluding ortho intramolecular Hbond substituents is 1. The first kappa shape index (κ1) is 15.4. The van der Waals surface area contributed by atoms with Gasteiger partial charge >= 0.3 is 12.0 Å². The summed E-state index contributed by atoms with van der Waals surface area (Å²) in [5.74, 6) is -0.686. The SMILES string of the molecule is COC(=O)C(NC(N)=O)c1ccc(-c2ccccc2)c(O)c1. The zero-order valence-electron chi connectivity index (χ0n) is 11.9. The molecule has 0 aliphatic heterocycles. The van der Waals surface area contributed by atoms with E-state index in [2.05, 4.69) is 10.1 Å². The smallest absolute Gasteiger partial charge is 0.333 e. The third kappa shape index (κ3) is 3.35. The fraction of sp³-hybridized carbons (Fsp3) is 0.125. The lowest BCUT2D eigenvalue weighted by Crippen LogP contribution is -2.37. The van der Waals surface area contributed by atoms with E-state index in [4.69, 9.17) is 5.73 Å². The number of carbonyl (C=O) groups is 2. The van der Waals surface area contributed by atoms with Gasteiger partial charge in [0.05, 0.1) is 7.11 Å². The van der Waals surface area contributed by atoms with E-state index in [9.17, 15) is 14.7 Å². The predicted octanol–water partition coefficient (Wildman–Crippen LogP) is 1.94. The number of nitrogens with one attached hydrogen (secondary N) is 1. The molecule has 0 aliphatic carbocycles. The second kappa shape index (κ2) is 6.62. The molecule has 1 unspecified atom stereocenters. The second-order valence-electron chi connectivity index (χ2n) is 4.61. The Morgan fingerprint density at radius 2 is 1.86 bits per heavy atom. The molecule has 0 heterocycles. The Hall–Kier alpha value is -3.02. The van der Waals surface area contributed by atoms with Crippen LogP contribution >= 0.6 is 0 Å². The molecule has 6 heteroatoms. The van der Waals surface area contributed by atoms with Crippen LogP contribution in [0.1, 0.15) is 11.6 Å². The molecule has 0 aromatic heterocycles. The fourth-order valence-corrected chi connectivity index (χ4v) is 2.13. The van der Waals surface area contributed by atoms with E-state index in [1.54, 1.807) is 12.1 Å². The fourth-order valence-electron chi connectivity index (χ4n) is 2.13. The number of ether oxygens (including phenoxy) is 1. The number of primary amides is 1. The molecular weight excluding hydrogens is 284 g/mol. The van der Waals surface area contributed by atoms with Crippen molar-refractivity contribution in [2.24, 2.45) is 5.73 Å². The molecule has 0 spiro atoms. The van der Waals surface area contributed by atoms with Gasteiger partial charge in [0.25, 0.3) is 0 Å². The predicted molar refractivity (Wildman–Crippen MR) is 81.0 cm³/mol. The van der Waals surface area contributed by atoms with Gasteiger partial charge in [0, 0.05) is 5.56 Å². The number of methoxy groups -OCH3 is 1. The third-order valence-electron chi connectivity index (χ3n) is 3.16. The van der Waals surface area contributed by atoms with E-state index in [1.165, 1.54) is 13.2 Å². The topological polar surface area (TPSA) is 102 Å². The number of amides is 2. The van der Waals surface area contributed by atoms with Crippen molar-refractivity contribution in [3.8, 4) is 16.9 Å². The van der Waals surface area contributed by atoms with Gasteiger partial charge in [-0.2, -0.15) is 0 Å². The Bertz CT molecular complexity index is 686. The van der Waals surface area contributed by atoms with Crippen molar-refractivity contribution in [1.82, 2.24) is 5.32 Å². The van der Waals surface area contributed by atoms with E-state index < -0.39 is 18.0 Å². The van der Waals surface area contributed by atoms with Gasteiger partial charge in [0.1, 0.15) is 5.75 Å². The lowest BCUT2D eigenvalue weighted by atomic mass is 9.99. The summed E-state index contributed by atoms with van der Waals surface area (Å²) in [5, 5.41) is 12.5. The van der Waals surface area contributed by atoms with Crippen LogP contribution in [-0.4, -0.2) is 24.2 Å². The van der Waals surface area contributed by atoms with Gasteiger partial charge in [-0.15, -0.1) is 0 Å². The van der Waals surface area contributed by atoms with Crippen molar-refractivity contribution in [1.29, 1.82) is 0 Å². The lowest BCUT2D eigenvalue weighted by molar-refractivity contribution is -0.143. The quantitative estimate of drug-likeness (QED) is 0.751. The first-order valence-corrected chi connectivity index (χ1v) is 6.55. The van der Waals surface area contributed by atoms with Crippen LogP contribution in [0.4, 0.5) is 4.79 Å². The zero-order chi connectivity index (χ0) is 16.1. The number of urea groups is 1. The average Bonchev–Trinajstić information content (AvgIpc) is 2.52. The highest BCUT2D eigenvalue weighted by atomic mass is 16.5. The van der Waals surface area contributed by atoms with Crippen LogP contribution in [0.2, 0.25) is 0 Å². The molecule has 2 aromatic carbocycles. The number of phenols is 1. The number of aromatic hydroxyl groups is 1. The maximum absolute atomic E-state index is 11.7. The molecule has 1 atom stereocenters. The van der Waals surface area contributed by atoms with Crippen molar-refractivity contribution in [3.05, 3.63) is 54.1 Å². The maximum atomic E-state index is 11.7. The summed E-state index contributed by atoms with van der Waals surface area (Å²) >= 11 is 0. The Labute approximate surface area is 127 Å². The number of rotatable bonds is 4. The minimum absolute atomic E-state index is 0.0103. The molecule has 0 fully saturated rings. The molecule has 6 nitrogen and oxygen atoms in total. The van der Waals surface area contributed by atoms with E-state index >= 15 is 0 Å². The largest absolute Gasteiger partial charge is 0.507 e. The third-order valence-corrected chi connectivity index (χ3v) is 3.16. The number of esters is 1. The van der Waals surface area contributed by atoms with Crippen LogP contribution in [0.25, 0.3) is 11.1 Å². The van der Waals surface area contributed by atoms with E-state index in [1.807, 2.05) is 30.3 Å². The van der Waals surface area contributed by atoms with Gasteiger partial charge in [-0.1, -0.05) is 42.5 Å². The van der Waals surface area contributed by atoms with Crippen LogP contribution in [-0.2, 0) is 9.53 Å². The van der Waals surface area contributed by atoms with Crippen molar-refractivity contribution < 1.29 is 19.4 Å². The molecule has 22 heavy (non-hydrogen) atoms. The van der Waals surface area contributed by atoms with Gasteiger partial charge < -0.3 is 20.9 Å². The van der Waals surface area contributed by atoms with Crippen molar-refractivity contribution >= 4 is 12.0 Å². The standard InChI is InChI=1S/C16H16N2O4/c1-22-15(20)14(18-16(17)21)11-7-8-12(13(19)9-11)10-5-3-2-4-6-10/h2-9,14,19H,1H3,(H3,17,18,21). The van der Waals surface area contributed by atoms with Gasteiger partial charge in [-0.25, -0.2) is 9.59 Å². The molecule has 2 rings (SSSR count). The van der Waals surface area contributed by atoms with Crippen molar-refractivity contribution in [3.63, 3.8) is 0 Å². The summed E-state index contributed by atoms with van der Waals surface area (Å²) in [6.07, 6.45) is 0. The summed E-state index contributed by atoms with van der Waals surface area (Å²) < 4.78 is 4.63. The molecular formula is C16H16N2O4. The normalized spacial score (nSPS) is 11.5. The highest BCUT2D eigenvalue weighted by molar-refractivity contribution is 5.84. The molecule has 2 amide bonds. The van der Waals surface area contributed by atoms with Crippen molar-refractivity contribution in [2.45, 2.75) is 6.04 Å². The summed E-state index contributed by atoms with van der Waals surface area (Å²) in [5.41, 5.74) is 6.89. The molecule has 114 valence electrons. The van der Waals surface area contributed by atoms with Gasteiger partial charge in [-0.3, -0.25) is 0 Å². The molecule has 0 radical (unpaired) electrons. The van der Waals surface area contributed by atoms with Crippen LogP contribution < -0.4 is 11.1 Å². The Balaban J connectivity index is 2.38. The van der Waals surface area contributed by atoms with Gasteiger partial charge in [0.15, 0.2) is 6.04 Å². The Kier molecular flexibility index (Phi) is 4.63. The molecule has 0 aliphatic rings. The maximum Gasteiger partial charge on any atom is 0.333 e. The lowest BCUT2D eigenvalue weighted by Gasteiger charge is -2.16. The van der Waals surface area contributed by atoms with Crippen LogP contribution in [0.3, 0.4) is 0 Å². The number of nitrogens with two attached hydrogens (primary N) is 1. The number of benzene rings is 2. The summed E-state index contributed by atoms with van der Waals surface area (Å²) in [4.78, 5) is 22.8. The van der Waals surface area contributed by atoms with E-state index in [0.717, 1.165) is 5.56 Å². The highest BCUT2D eigenvalue weighted by Gasteiger charge is 2.23. The minimum Gasteiger partial charge on any atom is -0.507 e. The van der Waals surface area contributed by atoms with Crippen molar-refractivity contribution in [2.75, 3.05) is 7.11 Å². The van der Waals surface area contributed by atoms with Gasteiger partial charge in [0.2, 0.25) is 0 Å². The molecule has 0 saturated heterocycles. The minimum atomic E-state index is -1.07. The Morgan fingerprint density at radius 3 is 2.41 bits per heavy atom. The molecule has 4 N–H and O–H groups in total. The number of carbonyl (C=O) groups excluding carboxylic acids is 2. The van der Waals surface area contributed by atoms with E-state index in [-0.39, 0.29) is 5.75 Å². The van der Waals surface area contributed by atoms with Crippen LogP contribution in [0.15, 0.2) is 48.5 Å². The monoisotopic (exact) mass is 300 g/mol.